The van der Waals surface area contributed by atoms with Crippen molar-refractivity contribution in [3.05, 3.63) is 71.2 Å². The van der Waals surface area contributed by atoms with Crippen molar-refractivity contribution in [1.82, 2.24) is 30.6 Å². The summed E-state index contributed by atoms with van der Waals surface area (Å²) in [4.78, 5) is 12.8. The third kappa shape index (κ3) is 5.60. The smallest absolute Gasteiger partial charge is 0.151 e. The molecule has 3 heterocycles. The van der Waals surface area contributed by atoms with Crippen LogP contribution < -0.4 is 4.90 Å². The molecule has 0 bridgehead atoms. The van der Waals surface area contributed by atoms with Gasteiger partial charge < -0.3 is 10.0 Å². The van der Waals surface area contributed by atoms with E-state index in [1.165, 1.54) is 11.1 Å². The zero-order valence-corrected chi connectivity index (χ0v) is 22.7. The van der Waals surface area contributed by atoms with E-state index < -0.39 is 6.10 Å². The topological polar surface area (TPSA) is 104 Å². The maximum atomic E-state index is 11.3. The highest BCUT2D eigenvalue weighted by Crippen LogP contribution is 2.38. The number of H-pyrrole nitrogens is 1. The number of aryl methyl sites for hydroxylation is 3. The van der Waals surface area contributed by atoms with Crippen LogP contribution in [0.2, 0.25) is 0 Å². The summed E-state index contributed by atoms with van der Waals surface area (Å²) in [7, 11) is 0. The third-order valence-electron chi connectivity index (χ3n) is 7.40. The molecule has 0 amide bonds. The number of unbranched alkanes of at least 4 members (excludes halogenated alkanes) is 2. The first kappa shape index (κ1) is 26.0. The normalized spacial score (nSPS) is 17.2. The Morgan fingerprint density at radius 3 is 2.11 bits per heavy atom. The van der Waals surface area contributed by atoms with Crippen LogP contribution in [0.5, 0.6) is 0 Å². The van der Waals surface area contributed by atoms with Gasteiger partial charge in [0.25, 0.3) is 0 Å². The highest BCUT2D eigenvalue weighted by atomic mass is 16.3. The van der Waals surface area contributed by atoms with Crippen molar-refractivity contribution in [3.63, 3.8) is 0 Å². The SMILES string of the molecule is Cc1ccc(-c2nc3c(nc2-c2ccc(C)cc2)N(C(C)C)C(CCCCCc2nnn[nH]2)C(O)C3)cc1. The molecule has 2 aromatic heterocycles. The molecule has 2 atom stereocenters. The molecule has 1 aliphatic heterocycles. The van der Waals surface area contributed by atoms with E-state index in [1.54, 1.807) is 0 Å². The van der Waals surface area contributed by atoms with Crippen LogP contribution in [0, 0.1) is 13.8 Å². The second kappa shape index (κ2) is 11.4. The maximum Gasteiger partial charge on any atom is 0.151 e. The first-order valence-electron chi connectivity index (χ1n) is 13.6. The number of hydrogen-bond acceptors (Lipinski definition) is 7. The molecular weight excluding hydrogens is 474 g/mol. The summed E-state index contributed by atoms with van der Waals surface area (Å²) in [5.74, 6) is 1.72. The molecule has 8 nitrogen and oxygen atoms in total. The molecule has 0 fully saturated rings. The molecule has 0 saturated carbocycles. The highest BCUT2D eigenvalue weighted by molar-refractivity contribution is 5.80. The van der Waals surface area contributed by atoms with Gasteiger partial charge in [-0.1, -0.05) is 72.5 Å². The molecule has 2 N–H and O–H groups in total. The Labute approximate surface area is 224 Å². The van der Waals surface area contributed by atoms with E-state index >= 15 is 0 Å². The number of fused-ring (bicyclic) bond motifs is 1. The molecule has 5 rings (SSSR count). The predicted octanol–water partition coefficient (Wildman–Crippen LogP) is 5.24. The van der Waals surface area contributed by atoms with Gasteiger partial charge in [0.2, 0.25) is 0 Å². The zero-order chi connectivity index (χ0) is 26.6. The number of aliphatic hydroxyl groups excluding tert-OH is 1. The Kier molecular flexibility index (Phi) is 7.79. The molecule has 1 aliphatic rings. The number of rotatable bonds is 9. The quantitative estimate of drug-likeness (QED) is 0.296. The van der Waals surface area contributed by atoms with Crippen LogP contribution in [0.25, 0.3) is 22.5 Å². The van der Waals surface area contributed by atoms with Crippen molar-refractivity contribution in [3.8, 4) is 22.5 Å². The number of aromatic nitrogens is 6. The van der Waals surface area contributed by atoms with Crippen LogP contribution in [0.15, 0.2) is 48.5 Å². The first-order valence-corrected chi connectivity index (χ1v) is 13.6. The van der Waals surface area contributed by atoms with E-state index in [9.17, 15) is 5.11 Å². The lowest BCUT2D eigenvalue weighted by atomic mass is 9.92. The van der Waals surface area contributed by atoms with Crippen molar-refractivity contribution in [2.45, 2.75) is 84.4 Å². The van der Waals surface area contributed by atoms with Gasteiger partial charge in [0.05, 0.1) is 29.2 Å². The van der Waals surface area contributed by atoms with Crippen molar-refractivity contribution in [2.24, 2.45) is 0 Å². The largest absolute Gasteiger partial charge is 0.391 e. The lowest BCUT2D eigenvalue weighted by Gasteiger charge is -2.43. The molecule has 2 unspecified atom stereocenters. The molecule has 38 heavy (non-hydrogen) atoms. The summed E-state index contributed by atoms with van der Waals surface area (Å²) < 4.78 is 0. The number of aliphatic hydroxyl groups is 1. The average Bonchev–Trinajstić information content (AvgIpc) is 3.42. The Morgan fingerprint density at radius 2 is 1.53 bits per heavy atom. The van der Waals surface area contributed by atoms with Crippen LogP contribution in [0.3, 0.4) is 0 Å². The van der Waals surface area contributed by atoms with Gasteiger partial charge >= 0.3 is 0 Å². The van der Waals surface area contributed by atoms with E-state index in [0.29, 0.717) is 6.42 Å². The van der Waals surface area contributed by atoms with Crippen molar-refractivity contribution >= 4 is 5.82 Å². The van der Waals surface area contributed by atoms with Crippen LogP contribution in [0.4, 0.5) is 5.82 Å². The lowest BCUT2D eigenvalue weighted by molar-refractivity contribution is 0.123. The van der Waals surface area contributed by atoms with Gasteiger partial charge in [0.15, 0.2) is 5.82 Å². The fourth-order valence-corrected chi connectivity index (χ4v) is 5.37. The summed E-state index contributed by atoms with van der Waals surface area (Å²) in [6.07, 6.45) is 4.83. The van der Waals surface area contributed by atoms with Crippen LogP contribution in [-0.2, 0) is 12.8 Å². The molecule has 198 valence electrons. The van der Waals surface area contributed by atoms with Gasteiger partial charge in [0, 0.05) is 30.0 Å². The van der Waals surface area contributed by atoms with Crippen LogP contribution in [0.1, 0.15) is 62.2 Å². The molecule has 0 aliphatic carbocycles. The molecule has 4 aromatic rings. The fraction of sp³-hybridized carbons (Fsp3) is 0.433. The molecular formula is C30H37N7O. The Bertz CT molecular complexity index is 1330. The summed E-state index contributed by atoms with van der Waals surface area (Å²) in [6, 6.07) is 17.1. The van der Waals surface area contributed by atoms with Gasteiger partial charge in [-0.15, -0.1) is 5.10 Å². The third-order valence-corrected chi connectivity index (χ3v) is 7.40. The predicted molar refractivity (Wildman–Crippen MR) is 150 cm³/mol. The lowest BCUT2D eigenvalue weighted by Crippen LogP contribution is -2.52. The van der Waals surface area contributed by atoms with Crippen LogP contribution in [-0.4, -0.2) is 53.9 Å². The second-order valence-corrected chi connectivity index (χ2v) is 10.7. The zero-order valence-electron chi connectivity index (χ0n) is 22.7. The van der Waals surface area contributed by atoms with Gasteiger partial charge in [-0.05, 0) is 51.0 Å². The Morgan fingerprint density at radius 1 is 0.895 bits per heavy atom. The highest BCUT2D eigenvalue weighted by Gasteiger charge is 2.37. The van der Waals surface area contributed by atoms with Crippen molar-refractivity contribution in [1.29, 1.82) is 0 Å². The average molecular weight is 512 g/mol. The minimum atomic E-state index is -0.492. The molecule has 8 heteroatoms. The van der Waals surface area contributed by atoms with Crippen molar-refractivity contribution in [2.75, 3.05) is 4.90 Å². The van der Waals surface area contributed by atoms with E-state index in [0.717, 1.165) is 72.0 Å². The minimum Gasteiger partial charge on any atom is -0.391 e. The van der Waals surface area contributed by atoms with E-state index in [4.69, 9.17) is 9.97 Å². The van der Waals surface area contributed by atoms with Crippen molar-refractivity contribution < 1.29 is 5.11 Å². The summed E-state index contributed by atoms with van der Waals surface area (Å²) >= 11 is 0. The fourth-order valence-electron chi connectivity index (χ4n) is 5.37. The number of nitrogens with one attached hydrogen (secondary N) is 1. The monoisotopic (exact) mass is 511 g/mol. The first-order chi connectivity index (χ1) is 18.4. The summed E-state index contributed by atoms with van der Waals surface area (Å²) in [5, 5.41) is 25.4. The van der Waals surface area contributed by atoms with Gasteiger partial charge in [-0.25, -0.2) is 15.1 Å². The van der Waals surface area contributed by atoms with Gasteiger partial charge in [0.1, 0.15) is 5.82 Å². The minimum absolute atomic E-state index is 0.000149. The van der Waals surface area contributed by atoms with Gasteiger partial charge in [-0.3, -0.25) is 0 Å². The number of hydrogen-bond donors (Lipinski definition) is 2. The number of anilines is 1. The Balaban J connectivity index is 1.46. The number of tetrazole rings is 1. The van der Waals surface area contributed by atoms with Crippen LogP contribution >= 0.6 is 0 Å². The van der Waals surface area contributed by atoms with E-state index in [-0.39, 0.29) is 12.1 Å². The number of nitrogens with zero attached hydrogens (tertiary/aromatic N) is 6. The molecule has 0 radical (unpaired) electrons. The number of aromatic amines is 1. The van der Waals surface area contributed by atoms with E-state index in [2.05, 4.69) is 102 Å². The molecule has 0 saturated heterocycles. The summed E-state index contributed by atoms with van der Waals surface area (Å²) in [5.41, 5.74) is 7.12. The molecule has 0 spiro atoms. The molecule has 2 aromatic carbocycles. The standard InChI is InChI=1S/C30H37N7O/c1-19(2)37-25(8-6-5-7-9-27-33-35-36-34-27)26(38)18-24-30(37)32-29(23-16-12-21(4)13-17-23)28(31-24)22-14-10-20(3)11-15-22/h10-17,19,25-26,38H,5-9,18H2,1-4H3,(H,33,34,35,36). The summed E-state index contributed by atoms with van der Waals surface area (Å²) in [6.45, 7) is 8.53. The second-order valence-electron chi connectivity index (χ2n) is 10.7. The number of benzene rings is 2. The van der Waals surface area contributed by atoms with Gasteiger partial charge in [-0.2, -0.15) is 0 Å². The van der Waals surface area contributed by atoms with E-state index in [1.807, 2.05) is 0 Å². The maximum absolute atomic E-state index is 11.3. The Hall–Kier alpha value is -3.65.